The Labute approximate surface area is 163 Å². The van der Waals surface area contributed by atoms with Crippen LogP contribution in [0, 0.1) is 5.82 Å². The van der Waals surface area contributed by atoms with Crippen LogP contribution >= 0.6 is 0 Å². The van der Waals surface area contributed by atoms with Crippen molar-refractivity contribution in [3.05, 3.63) is 95.8 Å². The van der Waals surface area contributed by atoms with Crippen molar-refractivity contribution in [2.45, 2.75) is 19.6 Å². The number of carbonyl (C=O) groups is 1. The minimum atomic E-state index is -0.304. The molecule has 4 nitrogen and oxygen atoms in total. The molecule has 0 saturated heterocycles. The largest absolute Gasteiger partial charge is 0.489 e. The second kappa shape index (κ2) is 9.55. The molecule has 3 rings (SSSR count). The number of halogens is 1. The normalized spacial score (nSPS) is 11.5. The Bertz CT molecular complexity index is 880. The molecule has 0 heterocycles. The smallest absolute Gasteiger partial charge is 0.258 e. The summed E-state index contributed by atoms with van der Waals surface area (Å²) in [7, 11) is 0. The highest BCUT2D eigenvalue weighted by molar-refractivity contribution is 5.78. The van der Waals surface area contributed by atoms with Gasteiger partial charge >= 0.3 is 0 Å². The van der Waals surface area contributed by atoms with Gasteiger partial charge in [0.05, 0.1) is 6.04 Å². The Hall–Kier alpha value is -3.34. The number of carbonyl (C=O) groups excluding carboxylic acids is 1. The molecule has 1 amide bonds. The van der Waals surface area contributed by atoms with Crippen molar-refractivity contribution in [3.8, 4) is 11.5 Å². The van der Waals surface area contributed by atoms with Crippen LogP contribution in [0.3, 0.4) is 0 Å². The van der Waals surface area contributed by atoms with Gasteiger partial charge in [0.25, 0.3) is 5.91 Å². The first-order valence-corrected chi connectivity index (χ1v) is 9.04. The molecular weight excluding hydrogens is 357 g/mol. The Morgan fingerprint density at radius 2 is 1.50 bits per heavy atom. The molecule has 0 spiro atoms. The van der Waals surface area contributed by atoms with Crippen LogP contribution in [0.5, 0.6) is 11.5 Å². The third-order valence-corrected chi connectivity index (χ3v) is 4.19. The van der Waals surface area contributed by atoms with Gasteiger partial charge in [-0.15, -0.1) is 0 Å². The molecule has 3 aromatic rings. The predicted octanol–water partition coefficient (Wildman–Crippen LogP) is 4.66. The Morgan fingerprint density at radius 3 is 2.14 bits per heavy atom. The van der Waals surface area contributed by atoms with Gasteiger partial charge in [-0.3, -0.25) is 4.79 Å². The average molecular weight is 379 g/mol. The third kappa shape index (κ3) is 5.84. The Morgan fingerprint density at radius 1 is 0.893 bits per heavy atom. The monoisotopic (exact) mass is 379 g/mol. The van der Waals surface area contributed by atoms with Crippen LogP contribution in [0.2, 0.25) is 0 Å². The molecule has 0 aliphatic carbocycles. The zero-order valence-corrected chi connectivity index (χ0v) is 15.6. The summed E-state index contributed by atoms with van der Waals surface area (Å²) in [5.74, 6) is 0.755. The molecule has 0 radical (unpaired) electrons. The molecule has 144 valence electrons. The van der Waals surface area contributed by atoms with Gasteiger partial charge < -0.3 is 14.8 Å². The number of hydrogen-bond acceptors (Lipinski definition) is 3. The number of amides is 1. The summed E-state index contributed by atoms with van der Waals surface area (Å²) < 4.78 is 24.2. The maximum atomic E-state index is 13.0. The van der Waals surface area contributed by atoms with Gasteiger partial charge in [-0.05, 0) is 54.4 Å². The van der Waals surface area contributed by atoms with Crippen molar-refractivity contribution >= 4 is 5.91 Å². The van der Waals surface area contributed by atoms with Gasteiger partial charge in [0.1, 0.15) is 23.9 Å². The lowest BCUT2D eigenvalue weighted by Gasteiger charge is -2.15. The highest BCUT2D eigenvalue weighted by Gasteiger charge is 2.10. The Kier molecular flexibility index (Phi) is 6.63. The first-order chi connectivity index (χ1) is 13.6. The number of benzene rings is 3. The number of hydrogen-bond donors (Lipinski definition) is 1. The van der Waals surface area contributed by atoms with Crippen molar-refractivity contribution in [3.63, 3.8) is 0 Å². The van der Waals surface area contributed by atoms with E-state index < -0.39 is 0 Å². The van der Waals surface area contributed by atoms with E-state index in [9.17, 15) is 9.18 Å². The van der Waals surface area contributed by atoms with Crippen LogP contribution in [0.1, 0.15) is 24.1 Å². The van der Waals surface area contributed by atoms with Crippen molar-refractivity contribution in [1.82, 2.24) is 5.32 Å². The lowest BCUT2D eigenvalue weighted by molar-refractivity contribution is -0.123. The van der Waals surface area contributed by atoms with Gasteiger partial charge in [0, 0.05) is 0 Å². The first-order valence-electron chi connectivity index (χ1n) is 9.04. The summed E-state index contributed by atoms with van der Waals surface area (Å²) in [6.45, 7) is 2.23. The van der Waals surface area contributed by atoms with E-state index >= 15 is 0 Å². The van der Waals surface area contributed by atoms with Crippen LogP contribution in [-0.4, -0.2) is 12.5 Å². The minimum Gasteiger partial charge on any atom is -0.489 e. The molecule has 5 heteroatoms. The molecular formula is C23H22FNO3. The van der Waals surface area contributed by atoms with Crippen molar-refractivity contribution in [2.75, 3.05) is 6.61 Å². The first kappa shape index (κ1) is 19.4. The highest BCUT2D eigenvalue weighted by Crippen LogP contribution is 2.19. The van der Waals surface area contributed by atoms with Crippen LogP contribution < -0.4 is 14.8 Å². The van der Waals surface area contributed by atoms with Crippen molar-refractivity contribution in [2.24, 2.45) is 0 Å². The second-order valence-corrected chi connectivity index (χ2v) is 6.38. The summed E-state index contributed by atoms with van der Waals surface area (Å²) in [6.07, 6.45) is 0. The van der Waals surface area contributed by atoms with E-state index in [1.807, 2.05) is 37.3 Å². The quantitative estimate of drug-likeness (QED) is 0.619. The molecule has 28 heavy (non-hydrogen) atoms. The molecule has 0 fully saturated rings. The topological polar surface area (TPSA) is 47.6 Å². The van der Waals surface area contributed by atoms with Crippen molar-refractivity contribution < 1.29 is 18.7 Å². The predicted molar refractivity (Wildman–Crippen MR) is 106 cm³/mol. The number of rotatable bonds is 8. The third-order valence-electron chi connectivity index (χ3n) is 4.19. The fourth-order valence-electron chi connectivity index (χ4n) is 2.64. The maximum absolute atomic E-state index is 13.0. The fourth-order valence-corrected chi connectivity index (χ4v) is 2.64. The molecule has 0 bridgehead atoms. The van der Waals surface area contributed by atoms with E-state index in [1.165, 1.54) is 12.1 Å². The Balaban J connectivity index is 1.43. The summed E-state index contributed by atoms with van der Waals surface area (Å²) in [5.41, 5.74) is 1.92. The molecule has 0 saturated carbocycles. The van der Waals surface area contributed by atoms with Gasteiger partial charge in [-0.1, -0.05) is 42.5 Å². The zero-order valence-electron chi connectivity index (χ0n) is 15.6. The number of ether oxygens (including phenoxy) is 2. The molecule has 1 atom stereocenters. The van der Waals surface area contributed by atoms with Crippen molar-refractivity contribution in [1.29, 1.82) is 0 Å². The summed E-state index contributed by atoms with van der Waals surface area (Å²) >= 11 is 0. The van der Waals surface area contributed by atoms with E-state index in [4.69, 9.17) is 9.47 Å². The molecule has 3 aromatic carbocycles. The standard InChI is InChI=1S/C23H22FNO3/c1-17(19-7-9-20(24)10-8-19)25-23(26)16-28-22-13-11-21(12-14-22)27-15-18-5-3-2-4-6-18/h2-14,17H,15-16H2,1H3,(H,25,26)/t17-/m0/s1. The molecule has 0 aliphatic heterocycles. The second-order valence-electron chi connectivity index (χ2n) is 6.38. The molecule has 0 unspecified atom stereocenters. The van der Waals surface area contributed by atoms with Crippen LogP contribution in [0.25, 0.3) is 0 Å². The SMILES string of the molecule is C[C@H](NC(=O)COc1ccc(OCc2ccccc2)cc1)c1ccc(F)cc1. The van der Waals surface area contributed by atoms with Gasteiger partial charge in [-0.25, -0.2) is 4.39 Å². The van der Waals surface area contributed by atoms with Crippen LogP contribution in [0.15, 0.2) is 78.9 Å². The number of nitrogens with one attached hydrogen (secondary N) is 1. The van der Waals surface area contributed by atoms with Gasteiger partial charge in [-0.2, -0.15) is 0 Å². The molecule has 0 aliphatic rings. The minimum absolute atomic E-state index is 0.101. The molecule has 0 aromatic heterocycles. The summed E-state index contributed by atoms with van der Waals surface area (Å²) in [6, 6.07) is 22.8. The van der Waals surface area contributed by atoms with E-state index in [-0.39, 0.29) is 24.4 Å². The van der Waals surface area contributed by atoms with E-state index in [0.717, 1.165) is 16.9 Å². The zero-order chi connectivity index (χ0) is 19.8. The van der Waals surface area contributed by atoms with Gasteiger partial charge in [0.2, 0.25) is 0 Å². The summed E-state index contributed by atoms with van der Waals surface area (Å²) in [4.78, 5) is 12.1. The summed E-state index contributed by atoms with van der Waals surface area (Å²) in [5, 5.41) is 2.82. The lowest BCUT2D eigenvalue weighted by Crippen LogP contribution is -2.31. The average Bonchev–Trinajstić information content (AvgIpc) is 2.72. The fraction of sp³-hybridized carbons (Fsp3) is 0.174. The molecule has 1 N–H and O–H groups in total. The van der Waals surface area contributed by atoms with E-state index in [1.54, 1.807) is 36.4 Å². The van der Waals surface area contributed by atoms with Gasteiger partial charge in [0.15, 0.2) is 6.61 Å². The highest BCUT2D eigenvalue weighted by atomic mass is 19.1. The maximum Gasteiger partial charge on any atom is 0.258 e. The van der Waals surface area contributed by atoms with Crippen LogP contribution in [0.4, 0.5) is 4.39 Å². The van der Waals surface area contributed by atoms with Crippen LogP contribution in [-0.2, 0) is 11.4 Å². The lowest BCUT2D eigenvalue weighted by atomic mass is 10.1. The van der Waals surface area contributed by atoms with E-state index in [2.05, 4.69) is 5.32 Å². The van der Waals surface area contributed by atoms with E-state index in [0.29, 0.717) is 12.4 Å².